The van der Waals surface area contributed by atoms with Gasteiger partial charge >= 0.3 is 0 Å². The number of hydrogen-bond donors (Lipinski definition) is 3. The lowest BCUT2D eigenvalue weighted by Gasteiger charge is -2.08. The molecule has 1 aliphatic heterocycles. The molecule has 1 saturated heterocycles. The second-order valence-corrected chi connectivity index (χ2v) is 2.39. The highest BCUT2D eigenvalue weighted by atomic mass is 14.9. The zero-order chi connectivity index (χ0) is 7.66. The molecular formula is C7H19N3. The van der Waals surface area contributed by atoms with E-state index in [9.17, 15) is 0 Å². The van der Waals surface area contributed by atoms with Crippen molar-refractivity contribution >= 4 is 0 Å². The van der Waals surface area contributed by atoms with Crippen LogP contribution in [0.25, 0.3) is 0 Å². The molecule has 0 aromatic heterocycles. The fourth-order valence-corrected chi connectivity index (χ4v) is 0.802. The molecule has 0 aliphatic carbocycles. The molecule has 3 nitrogen and oxygen atoms in total. The van der Waals surface area contributed by atoms with Gasteiger partial charge in [0.05, 0.1) is 0 Å². The van der Waals surface area contributed by atoms with Crippen molar-refractivity contribution in [3.05, 3.63) is 0 Å². The Bertz CT molecular complexity index is 39.3. The monoisotopic (exact) mass is 145 g/mol. The summed E-state index contributed by atoms with van der Waals surface area (Å²) in [5.41, 5.74) is 9.81. The van der Waals surface area contributed by atoms with Crippen molar-refractivity contribution < 1.29 is 0 Å². The van der Waals surface area contributed by atoms with Crippen molar-refractivity contribution in [3.8, 4) is 0 Å². The molecule has 0 bridgehead atoms. The van der Waals surface area contributed by atoms with Gasteiger partial charge in [-0.05, 0) is 25.9 Å². The average molecular weight is 145 g/mol. The van der Waals surface area contributed by atoms with Gasteiger partial charge < -0.3 is 16.8 Å². The molecule has 0 radical (unpaired) electrons. The molecular weight excluding hydrogens is 126 g/mol. The number of nitrogens with one attached hydrogen (secondary N) is 1. The fourth-order valence-electron chi connectivity index (χ4n) is 0.802. The Balaban J connectivity index is 0.000000180. The second kappa shape index (κ2) is 8.88. The summed E-state index contributed by atoms with van der Waals surface area (Å²) in [4.78, 5) is 0. The zero-order valence-electron chi connectivity index (χ0n) is 6.60. The highest BCUT2D eigenvalue weighted by Gasteiger charge is 1.93. The first-order chi connectivity index (χ1) is 4.91. The molecule has 10 heavy (non-hydrogen) atoms. The lowest BCUT2D eigenvalue weighted by Crippen LogP contribution is -2.21. The normalized spacial score (nSPS) is 17.4. The van der Waals surface area contributed by atoms with Crippen molar-refractivity contribution in [2.24, 2.45) is 11.5 Å². The highest BCUT2D eigenvalue weighted by Crippen LogP contribution is 1.96. The van der Waals surface area contributed by atoms with Crippen molar-refractivity contribution in [3.63, 3.8) is 0 Å². The summed E-state index contributed by atoms with van der Waals surface area (Å²) in [5.74, 6) is 0. The third-order valence-electron chi connectivity index (χ3n) is 1.37. The quantitative estimate of drug-likeness (QED) is 0.473. The van der Waals surface area contributed by atoms with E-state index in [-0.39, 0.29) is 0 Å². The van der Waals surface area contributed by atoms with Gasteiger partial charge in [0, 0.05) is 13.1 Å². The summed E-state index contributed by atoms with van der Waals surface area (Å²) in [7, 11) is 0. The standard InChI is InChI=1S/C5H11N.C2H8N2/c1-2-4-6-5-3-1;3-1-2-4/h6H,1-5H2;1-4H2. The maximum atomic E-state index is 4.90. The maximum Gasteiger partial charge on any atom is 0.00461 e. The number of rotatable bonds is 1. The molecule has 0 aromatic rings. The van der Waals surface area contributed by atoms with Crippen LogP contribution in [0.4, 0.5) is 0 Å². The van der Waals surface area contributed by atoms with Gasteiger partial charge in [-0.1, -0.05) is 6.42 Å². The van der Waals surface area contributed by atoms with Gasteiger partial charge in [0.15, 0.2) is 0 Å². The van der Waals surface area contributed by atoms with Crippen LogP contribution in [0.3, 0.4) is 0 Å². The van der Waals surface area contributed by atoms with E-state index in [4.69, 9.17) is 11.5 Å². The molecule has 0 saturated carbocycles. The minimum Gasteiger partial charge on any atom is -0.329 e. The van der Waals surface area contributed by atoms with Crippen molar-refractivity contribution in [1.82, 2.24) is 5.32 Å². The van der Waals surface area contributed by atoms with E-state index in [0.29, 0.717) is 13.1 Å². The van der Waals surface area contributed by atoms with Gasteiger partial charge in [-0.25, -0.2) is 0 Å². The predicted octanol–water partition coefficient (Wildman–Crippen LogP) is -0.336. The van der Waals surface area contributed by atoms with Crippen LogP contribution < -0.4 is 16.8 Å². The molecule has 1 heterocycles. The van der Waals surface area contributed by atoms with Crippen LogP contribution in [0.5, 0.6) is 0 Å². The molecule has 62 valence electrons. The molecule has 0 aromatic carbocycles. The Morgan fingerprint density at radius 3 is 1.50 bits per heavy atom. The SMILES string of the molecule is C1CCNCC1.NCCN. The van der Waals surface area contributed by atoms with E-state index in [1.165, 1.54) is 32.4 Å². The largest absolute Gasteiger partial charge is 0.329 e. The number of nitrogens with two attached hydrogens (primary N) is 2. The fraction of sp³-hybridized carbons (Fsp3) is 1.00. The van der Waals surface area contributed by atoms with Crippen LogP contribution >= 0.6 is 0 Å². The van der Waals surface area contributed by atoms with Crippen LogP contribution in [0.2, 0.25) is 0 Å². The van der Waals surface area contributed by atoms with Gasteiger partial charge in [-0.3, -0.25) is 0 Å². The molecule has 1 fully saturated rings. The molecule has 0 unspecified atom stereocenters. The van der Waals surface area contributed by atoms with Crippen LogP contribution in [0.15, 0.2) is 0 Å². The summed E-state index contributed by atoms with van der Waals surface area (Å²) in [6.45, 7) is 3.69. The molecule has 5 N–H and O–H groups in total. The van der Waals surface area contributed by atoms with Crippen LogP contribution in [-0.2, 0) is 0 Å². The van der Waals surface area contributed by atoms with E-state index in [2.05, 4.69) is 5.32 Å². The van der Waals surface area contributed by atoms with Gasteiger partial charge in [-0.15, -0.1) is 0 Å². The topological polar surface area (TPSA) is 64.1 Å². The summed E-state index contributed by atoms with van der Waals surface area (Å²) in [6, 6.07) is 0. The predicted molar refractivity (Wildman–Crippen MR) is 44.8 cm³/mol. The Labute approximate surface area is 63.2 Å². The average Bonchev–Trinajstić information content (AvgIpc) is 2.08. The number of hydrogen-bond acceptors (Lipinski definition) is 3. The van der Waals surface area contributed by atoms with Crippen molar-refractivity contribution in [2.45, 2.75) is 19.3 Å². The summed E-state index contributed by atoms with van der Waals surface area (Å²) >= 11 is 0. The summed E-state index contributed by atoms with van der Waals surface area (Å²) in [6.07, 6.45) is 4.22. The first-order valence-electron chi connectivity index (χ1n) is 4.02. The highest BCUT2D eigenvalue weighted by molar-refractivity contribution is 4.55. The Morgan fingerprint density at radius 2 is 1.40 bits per heavy atom. The van der Waals surface area contributed by atoms with E-state index in [1.807, 2.05) is 0 Å². The van der Waals surface area contributed by atoms with Crippen molar-refractivity contribution in [2.75, 3.05) is 26.2 Å². The first-order valence-corrected chi connectivity index (χ1v) is 4.02. The maximum absolute atomic E-state index is 4.90. The summed E-state index contributed by atoms with van der Waals surface area (Å²) in [5, 5.41) is 3.28. The van der Waals surface area contributed by atoms with Crippen LogP contribution in [0.1, 0.15) is 19.3 Å². The molecule has 3 heteroatoms. The van der Waals surface area contributed by atoms with Gasteiger partial charge in [0.1, 0.15) is 0 Å². The van der Waals surface area contributed by atoms with E-state index < -0.39 is 0 Å². The smallest absolute Gasteiger partial charge is 0.00461 e. The zero-order valence-corrected chi connectivity index (χ0v) is 6.60. The molecule has 1 rings (SSSR count). The molecule has 0 spiro atoms. The van der Waals surface area contributed by atoms with Crippen molar-refractivity contribution in [1.29, 1.82) is 0 Å². The van der Waals surface area contributed by atoms with E-state index in [0.717, 1.165) is 0 Å². The molecule has 1 aliphatic rings. The second-order valence-electron chi connectivity index (χ2n) is 2.39. The third kappa shape index (κ3) is 7.88. The third-order valence-corrected chi connectivity index (χ3v) is 1.37. The minimum absolute atomic E-state index is 0.597. The van der Waals surface area contributed by atoms with E-state index >= 15 is 0 Å². The van der Waals surface area contributed by atoms with Gasteiger partial charge in [-0.2, -0.15) is 0 Å². The lowest BCUT2D eigenvalue weighted by atomic mass is 10.2. The summed E-state index contributed by atoms with van der Waals surface area (Å²) < 4.78 is 0. The Hall–Kier alpha value is -0.120. The molecule has 0 amide bonds. The minimum atomic E-state index is 0.597. The lowest BCUT2D eigenvalue weighted by molar-refractivity contribution is 0.520. The Kier molecular flexibility index (Phi) is 8.77. The number of piperidine rings is 1. The van der Waals surface area contributed by atoms with Crippen LogP contribution in [0, 0.1) is 0 Å². The van der Waals surface area contributed by atoms with Gasteiger partial charge in [0.2, 0.25) is 0 Å². The molecule has 0 atom stereocenters. The first kappa shape index (κ1) is 9.88. The van der Waals surface area contributed by atoms with E-state index in [1.54, 1.807) is 0 Å². The van der Waals surface area contributed by atoms with Gasteiger partial charge in [0.25, 0.3) is 0 Å². The van der Waals surface area contributed by atoms with Crippen LogP contribution in [-0.4, -0.2) is 26.2 Å². The Morgan fingerprint density at radius 1 is 0.900 bits per heavy atom.